The van der Waals surface area contributed by atoms with Gasteiger partial charge >= 0.3 is 0 Å². The molecule has 0 radical (unpaired) electrons. The largest absolute Gasteiger partial charge is 0.486 e. The van der Waals surface area contributed by atoms with Crippen molar-refractivity contribution in [1.29, 1.82) is 0 Å². The lowest BCUT2D eigenvalue weighted by Crippen LogP contribution is -2.18. The predicted molar refractivity (Wildman–Crippen MR) is 60.9 cm³/mol. The van der Waals surface area contributed by atoms with Crippen LogP contribution in [0.15, 0.2) is 18.2 Å². The van der Waals surface area contributed by atoms with Gasteiger partial charge in [0.05, 0.1) is 6.10 Å². The van der Waals surface area contributed by atoms with Crippen LogP contribution in [0.4, 0.5) is 0 Å². The Hall–Kier alpha value is -1.26. The molecule has 1 unspecified atom stereocenters. The molecule has 4 heteroatoms. The molecule has 1 aliphatic heterocycles. The second-order valence-electron chi connectivity index (χ2n) is 3.58. The number of hydrogen-bond acceptors (Lipinski definition) is 4. The number of nitrogens with two attached hydrogens (primary N) is 1. The van der Waals surface area contributed by atoms with Gasteiger partial charge in [-0.3, -0.25) is 0 Å². The van der Waals surface area contributed by atoms with E-state index in [-0.39, 0.29) is 6.10 Å². The smallest absolute Gasteiger partial charge is 0.161 e. The Morgan fingerprint density at radius 3 is 2.75 bits per heavy atom. The van der Waals surface area contributed by atoms with E-state index in [1.807, 2.05) is 25.1 Å². The van der Waals surface area contributed by atoms with Crippen LogP contribution in [0.3, 0.4) is 0 Å². The molecule has 0 saturated heterocycles. The summed E-state index contributed by atoms with van der Waals surface area (Å²) in [6.45, 7) is 4.28. The predicted octanol–water partition coefficient (Wildman–Crippen LogP) is 1.49. The van der Waals surface area contributed by atoms with E-state index < -0.39 is 0 Å². The van der Waals surface area contributed by atoms with Crippen molar-refractivity contribution in [3.8, 4) is 11.5 Å². The van der Waals surface area contributed by atoms with Crippen molar-refractivity contribution in [2.75, 3.05) is 26.4 Å². The number of hydrogen-bond donors (Lipinski definition) is 1. The molecule has 1 aromatic carbocycles. The van der Waals surface area contributed by atoms with Crippen LogP contribution in [0.25, 0.3) is 0 Å². The van der Waals surface area contributed by atoms with Crippen molar-refractivity contribution in [2.24, 2.45) is 5.73 Å². The fourth-order valence-corrected chi connectivity index (χ4v) is 1.76. The van der Waals surface area contributed by atoms with Crippen LogP contribution in [0.1, 0.15) is 18.6 Å². The van der Waals surface area contributed by atoms with Gasteiger partial charge in [0, 0.05) is 13.2 Å². The topological polar surface area (TPSA) is 53.7 Å². The van der Waals surface area contributed by atoms with E-state index in [4.69, 9.17) is 19.9 Å². The standard InChI is InChI=1S/C12H17NO3/c1-2-14-12(8-13)9-3-4-10-11(7-9)16-6-5-15-10/h3-4,7,12H,2,5-6,8,13H2,1H3. The Kier molecular flexibility index (Phi) is 3.64. The van der Waals surface area contributed by atoms with Gasteiger partial charge in [-0.15, -0.1) is 0 Å². The quantitative estimate of drug-likeness (QED) is 0.840. The minimum absolute atomic E-state index is 0.0687. The van der Waals surface area contributed by atoms with Crippen LogP contribution in [0, 0.1) is 0 Å². The third-order valence-electron chi connectivity index (χ3n) is 2.52. The summed E-state index contributed by atoms with van der Waals surface area (Å²) in [5.41, 5.74) is 6.71. The average molecular weight is 223 g/mol. The summed E-state index contributed by atoms with van der Waals surface area (Å²) in [5, 5.41) is 0. The Balaban J connectivity index is 2.21. The third kappa shape index (κ3) is 2.28. The molecule has 0 aromatic heterocycles. The van der Waals surface area contributed by atoms with E-state index in [9.17, 15) is 0 Å². The van der Waals surface area contributed by atoms with Crippen LogP contribution in [-0.4, -0.2) is 26.4 Å². The number of rotatable bonds is 4. The first-order valence-electron chi connectivity index (χ1n) is 5.56. The number of ether oxygens (including phenoxy) is 3. The van der Waals surface area contributed by atoms with Crippen molar-refractivity contribution in [3.05, 3.63) is 23.8 Å². The highest BCUT2D eigenvalue weighted by Crippen LogP contribution is 2.33. The minimum Gasteiger partial charge on any atom is -0.486 e. The molecule has 0 bridgehead atoms. The highest BCUT2D eigenvalue weighted by molar-refractivity contribution is 5.44. The summed E-state index contributed by atoms with van der Waals surface area (Å²) < 4.78 is 16.5. The molecule has 0 aliphatic carbocycles. The van der Waals surface area contributed by atoms with Gasteiger partial charge in [0.2, 0.25) is 0 Å². The number of fused-ring (bicyclic) bond motifs is 1. The van der Waals surface area contributed by atoms with Gasteiger partial charge in [0.1, 0.15) is 13.2 Å². The Bertz CT molecular complexity index is 354. The van der Waals surface area contributed by atoms with E-state index in [0.717, 1.165) is 17.1 Å². The summed E-state index contributed by atoms with van der Waals surface area (Å²) >= 11 is 0. The van der Waals surface area contributed by atoms with Gasteiger partial charge in [-0.05, 0) is 24.6 Å². The molecule has 2 N–H and O–H groups in total. The summed E-state index contributed by atoms with van der Waals surface area (Å²) in [4.78, 5) is 0. The van der Waals surface area contributed by atoms with E-state index >= 15 is 0 Å². The molecule has 1 aliphatic rings. The molecule has 1 atom stereocenters. The summed E-state index contributed by atoms with van der Waals surface area (Å²) in [7, 11) is 0. The van der Waals surface area contributed by atoms with Gasteiger partial charge in [-0.25, -0.2) is 0 Å². The second kappa shape index (κ2) is 5.18. The highest BCUT2D eigenvalue weighted by atomic mass is 16.6. The van der Waals surface area contributed by atoms with Gasteiger partial charge < -0.3 is 19.9 Å². The van der Waals surface area contributed by atoms with Crippen molar-refractivity contribution < 1.29 is 14.2 Å². The first-order chi connectivity index (χ1) is 7.85. The zero-order chi connectivity index (χ0) is 11.4. The molecule has 0 amide bonds. The lowest BCUT2D eigenvalue weighted by molar-refractivity contribution is 0.0683. The molecule has 0 spiro atoms. The Morgan fingerprint density at radius 2 is 2.06 bits per heavy atom. The lowest BCUT2D eigenvalue weighted by atomic mass is 10.1. The molecule has 1 aromatic rings. The molecule has 4 nitrogen and oxygen atoms in total. The summed E-state index contributed by atoms with van der Waals surface area (Å²) in [5.74, 6) is 1.57. The Morgan fingerprint density at radius 1 is 1.31 bits per heavy atom. The fraction of sp³-hybridized carbons (Fsp3) is 0.500. The highest BCUT2D eigenvalue weighted by Gasteiger charge is 2.15. The maximum atomic E-state index is 5.67. The third-order valence-corrected chi connectivity index (χ3v) is 2.52. The maximum Gasteiger partial charge on any atom is 0.161 e. The molecule has 16 heavy (non-hydrogen) atoms. The minimum atomic E-state index is -0.0687. The van der Waals surface area contributed by atoms with Crippen LogP contribution < -0.4 is 15.2 Å². The molecular formula is C12H17NO3. The molecular weight excluding hydrogens is 206 g/mol. The normalized spacial score (nSPS) is 15.9. The molecule has 0 saturated carbocycles. The van der Waals surface area contributed by atoms with Crippen LogP contribution in [0.5, 0.6) is 11.5 Å². The van der Waals surface area contributed by atoms with Gasteiger partial charge in [-0.1, -0.05) is 6.07 Å². The lowest BCUT2D eigenvalue weighted by Gasteiger charge is -2.21. The molecule has 0 fully saturated rings. The van der Waals surface area contributed by atoms with Crippen molar-refractivity contribution in [1.82, 2.24) is 0 Å². The van der Waals surface area contributed by atoms with E-state index in [1.165, 1.54) is 0 Å². The zero-order valence-electron chi connectivity index (χ0n) is 9.44. The summed E-state index contributed by atoms with van der Waals surface area (Å²) in [6.07, 6.45) is -0.0687. The van der Waals surface area contributed by atoms with Gasteiger partial charge in [0.25, 0.3) is 0 Å². The average Bonchev–Trinajstić information content (AvgIpc) is 2.35. The van der Waals surface area contributed by atoms with Crippen LogP contribution >= 0.6 is 0 Å². The van der Waals surface area contributed by atoms with Gasteiger partial charge in [0.15, 0.2) is 11.5 Å². The van der Waals surface area contributed by atoms with Crippen molar-refractivity contribution >= 4 is 0 Å². The Labute approximate surface area is 95.3 Å². The first-order valence-corrected chi connectivity index (χ1v) is 5.56. The maximum absolute atomic E-state index is 5.67. The van der Waals surface area contributed by atoms with E-state index in [1.54, 1.807) is 0 Å². The fourth-order valence-electron chi connectivity index (χ4n) is 1.76. The second-order valence-corrected chi connectivity index (χ2v) is 3.58. The molecule has 2 rings (SSSR count). The first kappa shape index (κ1) is 11.2. The van der Waals surface area contributed by atoms with Crippen LogP contribution in [-0.2, 0) is 4.74 Å². The monoisotopic (exact) mass is 223 g/mol. The molecule has 1 heterocycles. The van der Waals surface area contributed by atoms with Gasteiger partial charge in [-0.2, -0.15) is 0 Å². The molecule has 88 valence electrons. The van der Waals surface area contributed by atoms with E-state index in [0.29, 0.717) is 26.4 Å². The SMILES string of the molecule is CCOC(CN)c1ccc2c(c1)OCCO2. The van der Waals surface area contributed by atoms with Crippen molar-refractivity contribution in [2.45, 2.75) is 13.0 Å². The summed E-state index contributed by atoms with van der Waals surface area (Å²) in [6, 6.07) is 5.83. The number of benzene rings is 1. The van der Waals surface area contributed by atoms with E-state index in [2.05, 4.69) is 0 Å². The zero-order valence-corrected chi connectivity index (χ0v) is 9.44. The van der Waals surface area contributed by atoms with Crippen molar-refractivity contribution in [3.63, 3.8) is 0 Å². The van der Waals surface area contributed by atoms with Crippen LogP contribution in [0.2, 0.25) is 0 Å².